The SMILES string of the molecule is Cl.O=C1Nc2ncccc2C1c1ncnc2cc(OCC#CCN3CCOCC3)ccc12. The van der Waals surface area contributed by atoms with E-state index in [1.165, 1.54) is 6.33 Å². The van der Waals surface area contributed by atoms with Gasteiger partial charge >= 0.3 is 0 Å². The minimum absolute atomic E-state index is 0. The quantitative estimate of drug-likeness (QED) is 0.608. The minimum Gasteiger partial charge on any atom is -0.481 e. The standard InChI is InChI=1S/C23H21N5O3.ClH/c29-23-20(18-4-3-7-24-22(18)27-23)21-17-6-5-16(14-19(17)25-15-26-21)31-11-2-1-8-28-9-12-30-13-10-28;/h3-7,14-15,20H,8-13H2,(H,24,27,29);1H. The van der Waals surface area contributed by atoms with Gasteiger partial charge in [0.15, 0.2) is 0 Å². The predicted molar refractivity (Wildman–Crippen MR) is 122 cm³/mol. The number of pyridine rings is 1. The maximum atomic E-state index is 12.6. The Morgan fingerprint density at radius 2 is 2.03 bits per heavy atom. The molecule has 0 saturated carbocycles. The Morgan fingerprint density at radius 1 is 1.16 bits per heavy atom. The highest BCUT2D eigenvalue weighted by Crippen LogP contribution is 2.37. The number of hydrogen-bond acceptors (Lipinski definition) is 7. The highest BCUT2D eigenvalue weighted by Gasteiger charge is 2.34. The molecule has 2 aromatic heterocycles. The van der Waals surface area contributed by atoms with Crippen molar-refractivity contribution in [2.24, 2.45) is 0 Å². The second-order valence-corrected chi connectivity index (χ2v) is 7.33. The lowest BCUT2D eigenvalue weighted by Gasteiger charge is -2.24. The molecule has 1 unspecified atom stereocenters. The van der Waals surface area contributed by atoms with Gasteiger partial charge in [-0.3, -0.25) is 9.69 Å². The number of morpholine rings is 1. The molecule has 1 aromatic carbocycles. The smallest absolute Gasteiger partial charge is 0.239 e. The van der Waals surface area contributed by atoms with Crippen LogP contribution in [0.3, 0.4) is 0 Å². The molecule has 0 radical (unpaired) electrons. The molecule has 8 nitrogen and oxygen atoms in total. The zero-order valence-electron chi connectivity index (χ0n) is 17.3. The maximum Gasteiger partial charge on any atom is 0.239 e. The number of nitrogens with zero attached hydrogens (tertiary/aromatic N) is 4. The number of hydrogen-bond donors (Lipinski definition) is 1. The average molecular weight is 452 g/mol. The van der Waals surface area contributed by atoms with Gasteiger partial charge in [0, 0.05) is 36.3 Å². The van der Waals surface area contributed by atoms with Gasteiger partial charge in [0.1, 0.15) is 30.4 Å². The monoisotopic (exact) mass is 451 g/mol. The number of halogens is 1. The van der Waals surface area contributed by atoms with Gasteiger partial charge in [0.05, 0.1) is 31.0 Å². The molecule has 9 heteroatoms. The van der Waals surface area contributed by atoms with Crippen LogP contribution in [0.2, 0.25) is 0 Å². The molecule has 3 aromatic rings. The molecule has 5 rings (SSSR count). The van der Waals surface area contributed by atoms with E-state index in [1.807, 2.05) is 30.3 Å². The van der Waals surface area contributed by atoms with Gasteiger partial charge in [-0.2, -0.15) is 0 Å². The Kier molecular flexibility index (Phi) is 6.81. The van der Waals surface area contributed by atoms with Crippen LogP contribution in [-0.4, -0.2) is 65.2 Å². The van der Waals surface area contributed by atoms with Crippen molar-refractivity contribution in [2.45, 2.75) is 5.92 Å². The Hall–Kier alpha value is -3.25. The normalized spacial score (nSPS) is 17.6. The van der Waals surface area contributed by atoms with Crippen LogP contribution in [-0.2, 0) is 9.53 Å². The zero-order valence-corrected chi connectivity index (χ0v) is 18.1. The van der Waals surface area contributed by atoms with Crippen LogP contribution in [0.1, 0.15) is 17.2 Å². The topological polar surface area (TPSA) is 89.5 Å². The van der Waals surface area contributed by atoms with E-state index in [2.05, 4.69) is 37.0 Å². The van der Waals surface area contributed by atoms with Gasteiger partial charge in [-0.05, 0) is 18.2 Å². The third-order valence-corrected chi connectivity index (χ3v) is 5.41. The first-order valence-corrected chi connectivity index (χ1v) is 10.2. The van der Waals surface area contributed by atoms with Crippen molar-refractivity contribution in [1.29, 1.82) is 0 Å². The molecular formula is C23H22ClN5O3. The average Bonchev–Trinajstić information content (AvgIpc) is 3.14. The number of anilines is 1. The summed E-state index contributed by atoms with van der Waals surface area (Å²) in [5.41, 5.74) is 2.20. The maximum absolute atomic E-state index is 12.6. The van der Waals surface area contributed by atoms with Crippen molar-refractivity contribution in [3.05, 3.63) is 54.1 Å². The summed E-state index contributed by atoms with van der Waals surface area (Å²) in [5, 5.41) is 3.64. The summed E-state index contributed by atoms with van der Waals surface area (Å²) in [6.45, 7) is 4.40. The van der Waals surface area contributed by atoms with Crippen LogP contribution in [0.25, 0.3) is 10.9 Å². The zero-order chi connectivity index (χ0) is 21.0. The Labute approximate surface area is 191 Å². The molecule has 1 fully saturated rings. The number of ether oxygens (including phenoxy) is 2. The van der Waals surface area contributed by atoms with Gasteiger partial charge in [-0.15, -0.1) is 12.4 Å². The summed E-state index contributed by atoms with van der Waals surface area (Å²) >= 11 is 0. The molecule has 1 saturated heterocycles. The molecule has 2 aliphatic heterocycles. The number of nitrogens with one attached hydrogen (secondary N) is 1. The van der Waals surface area contributed by atoms with E-state index in [4.69, 9.17) is 9.47 Å². The lowest BCUT2D eigenvalue weighted by molar-refractivity contribution is -0.116. The van der Waals surface area contributed by atoms with Crippen molar-refractivity contribution < 1.29 is 14.3 Å². The van der Waals surface area contributed by atoms with E-state index in [9.17, 15) is 4.79 Å². The van der Waals surface area contributed by atoms with Crippen molar-refractivity contribution in [3.63, 3.8) is 0 Å². The van der Waals surface area contributed by atoms with Crippen LogP contribution in [0.5, 0.6) is 5.75 Å². The number of carbonyl (C=O) groups is 1. The summed E-state index contributed by atoms with van der Waals surface area (Å²) in [6, 6.07) is 9.31. The van der Waals surface area contributed by atoms with Crippen LogP contribution in [0.4, 0.5) is 5.82 Å². The number of amides is 1. The van der Waals surface area contributed by atoms with E-state index in [1.54, 1.807) is 6.20 Å². The number of carbonyl (C=O) groups excluding carboxylic acids is 1. The van der Waals surface area contributed by atoms with E-state index in [0.29, 0.717) is 29.4 Å². The highest BCUT2D eigenvalue weighted by atomic mass is 35.5. The predicted octanol–water partition coefficient (Wildman–Crippen LogP) is 2.25. The number of fused-ring (bicyclic) bond motifs is 2. The fourth-order valence-corrected chi connectivity index (χ4v) is 3.83. The molecule has 2 aliphatic rings. The second kappa shape index (κ2) is 9.92. The van der Waals surface area contributed by atoms with E-state index < -0.39 is 5.92 Å². The molecule has 1 amide bonds. The summed E-state index contributed by atoms with van der Waals surface area (Å²) in [7, 11) is 0. The fourth-order valence-electron chi connectivity index (χ4n) is 3.83. The third-order valence-electron chi connectivity index (χ3n) is 5.41. The van der Waals surface area contributed by atoms with Gasteiger partial charge in [-0.1, -0.05) is 17.9 Å². The van der Waals surface area contributed by atoms with Crippen LogP contribution in [0, 0.1) is 11.8 Å². The largest absolute Gasteiger partial charge is 0.481 e. The lowest BCUT2D eigenvalue weighted by Crippen LogP contribution is -2.36. The number of rotatable bonds is 4. The Balaban J connectivity index is 0.00000245. The molecule has 0 bridgehead atoms. The summed E-state index contributed by atoms with van der Waals surface area (Å²) in [5.74, 6) is 6.82. The summed E-state index contributed by atoms with van der Waals surface area (Å²) < 4.78 is 11.1. The van der Waals surface area contributed by atoms with Gasteiger partial charge in [0.25, 0.3) is 0 Å². The molecular weight excluding hydrogens is 430 g/mol. The van der Waals surface area contributed by atoms with Crippen molar-refractivity contribution in [2.75, 3.05) is 44.8 Å². The van der Waals surface area contributed by atoms with Crippen LogP contribution in [0.15, 0.2) is 42.9 Å². The van der Waals surface area contributed by atoms with E-state index in [-0.39, 0.29) is 18.3 Å². The summed E-state index contributed by atoms with van der Waals surface area (Å²) in [6.07, 6.45) is 3.14. The lowest BCUT2D eigenvalue weighted by atomic mass is 9.95. The molecule has 0 spiro atoms. The first kappa shape index (κ1) is 22.0. The molecule has 1 atom stereocenters. The van der Waals surface area contributed by atoms with Crippen LogP contribution < -0.4 is 10.1 Å². The highest BCUT2D eigenvalue weighted by molar-refractivity contribution is 6.05. The first-order chi connectivity index (χ1) is 15.3. The minimum atomic E-state index is -0.507. The van der Waals surface area contributed by atoms with Crippen molar-refractivity contribution in [3.8, 4) is 17.6 Å². The fraction of sp³-hybridized carbons (Fsp3) is 0.304. The van der Waals surface area contributed by atoms with E-state index in [0.717, 1.165) is 43.8 Å². The Morgan fingerprint density at radius 3 is 2.91 bits per heavy atom. The molecule has 0 aliphatic carbocycles. The third kappa shape index (κ3) is 4.50. The van der Waals surface area contributed by atoms with Crippen molar-refractivity contribution >= 4 is 35.0 Å². The van der Waals surface area contributed by atoms with Crippen LogP contribution >= 0.6 is 12.4 Å². The number of aromatic nitrogens is 3. The van der Waals surface area contributed by atoms with E-state index >= 15 is 0 Å². The van der Waals surface area contributed by atoms with Gasteiger partial charge < -0.3 is 14.8 Å². The summed E-state index contributed by atoms with van der Waals surface area (Å²) in [4.78, 5) is 27.9. The molecule has 164 valence electrons. The molecule has 1 N–H and O–H groups in total. The van der Waals surface area contributed by atoms with Gasteiger partial charge in [0.2, 0.25) is 5.91 Å². The first-order valence-electron chi connectivity index (χ1n) is 10.2. The number of benzene rings is 1. The van der Waals surface area contributed by atoms with Crippen molar-refractivity contribution in [1.82, 2.24) is 19.9 Å². The Bertz CT molecular complexity index is 1190. The molecule has 4 heterocycles. The molecule has 32 heavy (non-hydrogen) atoms. The van der Waals surface area contributed by atoms with Gasteiger partial charge in [-0.25, -0.2) is 15.0 Å². The second-order valence-electron chi connectivity index (χ2n) is 7.33.